The average molecular weight is 494 g/mol. The van der Waals surface area contributed by atoms with Crippen molar-refractivity contribution in [3.05, 3.63) is 54.2 Å². The van der Waals surface area contributed by atoms with Crippen LogP contribution in [0.3, 0.4) is 0 Å². The highest BCUT2D eigenvalue weighted by atomic mass is 32.1. The van der Waals surface area contributed by atoms with E-state index in [1.165, 1.54) is 11.3 Å². The summed E-state index contributed by atoms with van der Waals surface area (Å²) in [5.74, 6) is 1.08. The molecule has 10 heteroatoms. The lowest BCUT2D eigenvalue weighted by atomic mass is 10.1. The molecule has 9 nitrogen and oxygen atoms in total. The minimum Gasteiger partial charge on any atom is -0.495 e. The number of aromatic nitrogens is 3. The molecule has 0 spiro atoms. The van der Waals surface area contributed by atoms with Gasteiger partial charge in [0.25, 0.3) is 0 Å². The quantitative estimate of drug-likeness (QED) is 0.263. The number of hydrogen-bond donors (Lipinski definition) is 5. The minimum atomic E-state index is -1.05. The molecule has 0 radical (unpaired) electrons. The van der Waals surface area contributed by atoms with Crippen molar-refractivity contribution < 1.29 is 20.1 Å². The van der Waals surface area contributed by atoms with Crippen molar-refractivity contribution in [2.45, 2.75) is 31.6 Å². The lowest BCUT2D eigenvalue weighted by Gasteiger charge is -2.21. The zero-order chi connectivity index (χ0) is 24.5. The maximum Gasteiger partial charge on any atom is 0.229 e. The Morgan fingerprint density at radius 2 is 1.80 bits per heavy atom. The Bertz CT molecular complexity index is 1310. The predicted octanol–water partition coefficient (Wildman–Crippen LogP) is 3.33. The van der Waals surface area contributed by atoms with Crippen LogP contribution in [0.1, 0.15) is 12.1 Å². The van der Waals surface area contributed by atoms with Crippen LogP contribution >= 0.6 is 11.3 Å². The van der Waals surface area contributed by atoms with E-state index in [1.807, 2.05) is 55.5 Å². The Morgan fingerprint density at radius 1 is 1.03 bits per heavy atom. The van der Waals surface area contributed by atoms with Gasteiger partial charge in [0, 0.05) is 12.5 Å². The molecule has 0 saturated heterocycles. The van der Waals surface area contributed by atoms with Gasteiger partial charge in [0.05, 0.1) is 46.4 Å². The summed E-state index contributed by atoms with van der Waals surface area (Å²) < 4.78 is 6.48. The van der Waals surface area contributed by atoms with Gasteiger partial charge in [-0.3, -0.25) is 0 Å². The summed E-state index contributed by atoms with van der Waals surface area (Å²) >= 11 is 1.54. The maximum absolute atomic E-state index is 10.6. The third-order valence-electron chi connectivity index (χ3n) is 6.31. The van der Waals surface area contributed by atoms with E-state index in [0.717, 1.165) is 20.8 Å². The largest absolute Gasteiger partial charge is 0.495 e. The average Bonchev–Trinajstić information content (AvgIpc) is 3.40. The number of hydrogen-bond acceptors (Lipinski definition) is 10. The van der Waals surface area contributed by atoms with Crippen molar-refractivity contribution in [2.24, 2.45) is 5.92 Å². The fraction of sp³-hybridized carbons (Fsp3) is 0.320. The van der Waals surface area contributed by atoms with E-state index < -0.39 is 24.2 Å². The molecule has 182 valence electrons. The molecule has 2 aromatic heterocycles. The number of methoxy groups -OCH3 is 1. The molecule has 5 N–H and O–H groups in total. The zero-order valence-corrected chi connectivity index (χ0v) is 20.2. The van der Waals surface area contributed by atoms with Gasteiger partial charge in [-0.1, -0.05) is 24.3 Å². The Kier molecular flexibility index (Phi) is 6.52. The highest BCUT2D eigenvalue weighted by Crippen LogP contribution is 2.38. The summed E-state index contributed by atoms with van der Waals surface area (Å²) in [6.07, 6.45) is -1.66. The molecule has 2 heterocycles. The number of aliphatic hydroxyl groups is 3. The molecular formula is C25H27N5O4S. The Morgan fingerprint density at radius 3 is 2.54 bits per heavy atom. The number of fused-ring (bicyclic) bond motifs is 1. The van der Waals surface area contributed by atoms with Gasteiger partial charge < -0.3 is 30.7 Å². The predicted molar refractivity (Wildman–Crippen MR) is 136 cm³/mol. The van der Waals surface area contributed by atoms with Gasteiger partial charge in [-0.15, -0.1) is 11.3 Å². The molecule has 1 aliphatic rings. The molecule has 0 unspecified atom stereocenters. The molecule has 1 aliphatic carbocycles. The van der Waals surface area contributed by atoms with E-state index in [4.69, 9.17) is 14.7 Å². The summed E-state index contributed by atoms with van der Waals surface area (Å²) in [6, 6.07) is 14.9. The summed E-state index contributed by atoms with van der Waals surface area (Å²) in [7, 11) is 1.60. The number of anilines is 3. The standard InChI is InChI=1S/C25H27N5O4S/c1-13-20(24-28-16-8-4-6-10-19(16)35-24)23(27-17-11-14(12-31)21(32)22(17)33)30-25(26-13)29-15-7-3-5-9-18(15)34-2/h3-10,14,17,21-22,31-33H,11-12H2,1-2H3,(H2,26,27,29,30)/t14-,17-,21-,22+/m1/s1. The molecule has 0 amide bonds. The number of rotatable bonds is 7. The van der Waals surface area contributed by atoms with Crippen molar-refractivity contribution >= 4 is 39.0 Å². The first-order chi connectivity index (χ1) is 17.0. The van der Waals surface area contributed by atoms with E-state index >= 15 is 0 Å². The van der Waals surface area contributed by atoms with Crippen molar-refractivity contribution in [3.8, 4) is 16.3 Å². The zero-order valence-electron chi connectivity index (χ0n) is 19.3. The summed E-state index contributed by atoms with van der Waals surface area (Å²) in [5.41, 5.74) is 3.02. The molecule has 0 bridgehead atoms. The molecule has 4 atom stereocenters. The molecule has 0 aliphatic heterocycles. The van der Waals surface area contributed by atoms with Gasteiger partial charge in [-0.25, -0.2) is 9.97 Å². The molecule has 35 heavy (non-hydrogen) atoms. The fourth-order valence-corrected chi connectivity index (χ4v) is 5.52. The van der Waals surface area contributed by atoms with Crippen molar-refractivity contribution in [1.29, 1.82) is 0 Å². The van der Waals surface area contributed by atoms with E-state index in [9.17, 15) is 15.3 Å². The molecule has 5 rings (SSSR count). The molecule has 1 fully saturated rings. The molecule has 1 saturated carbocycles. The maximum atomic E-state index is 10.6. The van der Waals surface area contributed by atoms with Crippen molar-refractivity contribution in [2.75, 3.05) is 24.4 Å². The smallest absolute Gasteiger partial charge is 0.229 e. The van der Waals surface area contributed by atoms with Crippen molar-refractivity contribution in [1.82, 2.24) is 15.0 Å². The number of thiazole rings is 1. The topological polar surface area (TPSA) is 133 Å². The van der Waals surface area contributed by atoms with Crippen LogP contribution in [0.2, 0.25) is 0 Å². The summed E-state index contributed by atoms with van der Waals surface area (Å²) in [5, 5.41) is 37.8. The second-order valence-electron chi connectivity index (χ2n) is 8.58. The minimum absolute atomic E-state index is 0.204. The van der Waals surface area contributed by atoms with E-state index in [0.29, 0.717) is 35.3 Å². The lowest BCUT2D eigenvalue weighted by molar-refractivity contribution is 0.00446. The third kappa shape index (κ3) is 4.53. The molecular weight excluding hydrogens is 466 g/mol. The Hall–Kier alpha value is -3.31. The normalized spacial score (nSPS) is 21.9. The van der Waals surface area contributed by atoms with Gasteiger partial charge in [0.2, 0.25) is 5.95 Å². The summed E-state index contributed by atoms with van der Waals surface area (Å²) in [4.78, 5) is 14.2. The number of aryl methyl sites for hydroxylation is 1. The highest BCUT2D eigenvalue weighted by molar-refractivity contribution is 7.21. The van der Waals surface area contributed by atoms with Crippen LogP contribution < -0.4 is 15.4 Å². The van der Waals surface area contributed by atoms with Gasteiger partial charge in [-0.2, -0.15) is 4.98 Å². The Balaban J connectivity index is 1.57. The number of nitrogens with one attached hydrogen (secondary N) is 2. The van der Waals surface area contributed by atoms with Crippen LogP contribution in [-0.4, -0.2) is 62.2 Å². The second-order valence-corrected chi connectivity index (χ2v) is 9.61. The van der Waals surface area contributed by atoms with Gasteiger partial charge in [0.15, 0.2) is 0 Å². The number of benzene rings is 2. The number of aliphatic hydroxyl groups excluding tert-OH is 3. The van der Waals surface area contributed by atoms with E-state index in [-0.39, 0.29) is 6.61 Å². The van der Waals surface area contributed by atoms with Gasteiger partial charge >= 0.3 is 0 Å². The number of nitrogens with zero attached hydrogens (tertiary/aromatic N) is 3. The van der Waals surface area contributed by atoms with Crippen LogP contribution in [0, 0.1) is 12.8 Å². The lowest BCUT2D eigenvalue weighted by Crippen LogP contribution is -2.35. The fourth-order valence-electron chi connectivity index (χ4n) is 4.46. The van der Waals surface area contributed by atoms with Crippen LogP contribution in [0.4, 0.5) is 17.5 Å². The number of ether oxygens (including phenoxy) is 1. The van der Waals surface area contributed by atoms with E-state index in [1.54, 1.807) is 7.11 Å². The molecule has 2 aromatic carbocycles. The van der Waals surface area contributed by atoms with Gasteiger partial charge in [0.1, 0.15) is 22.7 Å². The highest BCUT2D eigenvalue weighted by Gasteiger charge is 2.41. The summed E-state index contributed by atoms with van der Waals surface area (Å²) in [6.45, 7) is 1.68. The first kappa shape index (κ1) is 23.4. The second kappa shape index (κ2) is 9.74. The van der Waals surface area contributed by atoms with Crippen LogP contribution in [0.15, 0.2) is 48.5 Å². The first-order valence-corrected chi connectivity index (χ1v) is 12.2. The third-order valence-corrected chi connectivity index (χ3v) is 7.36. The number of para-hydroxylation sites is 3. The monoisotopic (exact) mass is 493 g/mol. The van der Waals surface area contributed by atoms with E-state index in [2.05, 4.69) is 15.6 Å². The van der Waals surface area contributed by atoms with Crippen LogP contribution in [0.5, 0.6) is 5.75 Å². The van der Waals surface area contributed by atoms with Crippen molar-refractivity contribution in [3.63, 3.8) is 0 Å². The van der Waals surface area contributed by atoms with Crippen LogP contribution in [-0.2, 0) is 0 Å². The van der Waals surface area contributed by atoms with Gasteiger partial charge in [-0.05, 0) is 37.6 Å². The Labute approximate surface area is 206 Å². The molecule has 4 aromatic rings. The first-order valence-electron chi connectivity index (χ1n) is 11.4. The van der Waals surface area contributed by atoms with Crippen LogP contribution in [0.25, 0.3) is 20.8 Å². The SMILES string of the molecule is COc1ccccc1Nc1nc(C)c(-c2nc3ccccc3s2)c(N[C@@H]2C[C@H](CO)[C@@H](O)[C@H]2O)n1.